The van der Waals surface area contributed by atoms with E-state index in [-0.39, 0.29) is 29.9 Å². The first-order chi connectivity index (χ1) is 7.09. The Balaban J connectivity index is 0.00000128. The summed E-state index contributed by atoms with van der Waals surface area (Å²) in [5.74, 6) is 0.126. The van der Waals surface area contributed by atoms with Gasteiger partial charge in [0, 0.05) is 12.1 Å². The number of hydrogen-bond acceptors (Lipinski definition) is 4. The largest absolute Gasteiger partial charge is 0.502 e. The number of nitrogens with zero attached hydrogens (tertiary/aromatic N) is 1. The summed E-state index contributed by atoms with van der Waals surface area (Å²) < 4.78 is 0. The standard InChI is InChI=1S/C10H12N2O3.ClH/c11-10(6-1-2-6)7-3-4-9(13)8(5-7)12(14)15;/h3-6,10,13H,1-2,11H2;1H/t10-;/m0./s1. The predicted molar refractivity (Wildman–Crippen MR) is 61.7 cm³/mol. The summed E-state index contributed by atoms with van der Waals surface area (Å²) in [4.78, 5) is 9.99. The van der Waals surface area contributed by atoms with E-state index in [4.69, 9.17) is 5.73 Å². The summed E-state index contributed by atoms with van der Waals surface area (Å²) >= 11 is 0. The Morgan fingerprint density at radius 1 is 1.50 bits per heavy atom. The fraction of sp³-hybridized carbons (Fsp3) is 0.400. The van der Waals surface area contributed by atoms with E-state index in [2.05, 4.69) is 0 Å². The van der Waals surface area contributed by atoms with Gasteiger partial charge in [-0.05, 0) is 30.4 Å². The van der Waals surface area contributed by atoms with E-state index in [1.807, 2.05) is 0 Å². The second-order valence-corrected chi connectivity index (χ2v) is 3.87. The smallest absolute Gasteiger partial charge is 0.311 e. The van der Waals surface area contributed by atoms with Gasteiger partial charge < -0.3 is 10.8 Å². The molecule has 2 rings (SSSR count). The summed E-state index contributed by atoms with van der Waals surface area (Å²) in [6.07, 6.45) is 2.16. The van der Waals surface area contributed by atoms with Crippen LogP contribution >= 0.6 is 12.4 Å². The fourth-order valence-corrected chi connectivity index (χ4v) is 1.62. The van der Waals surface area contributed by atoms with Crippen molar-refractivity contribution in [2.45, 2.75) is 18.9 Å². The zero-order valence-electron chi connectivity index (χ0n) is 8.50. The van der Waals surface area contributed by atoms with Gasteiger partial charge in [0.2, 0.25) is 0 Å². The second-order valence-electron chi connectivity index (χ2n) is 3.87. The lowest BCUT2D eigenvalue weighted by Crippen LogP contribution is -2.12. The number of rotatable bonds is 3. The molecule has 0 radical (unpaired) electrons. The minimum Gasteiger partial charge on any atom is -0.502 e. The minimum absolute atomic E-state index is 0. The molecule has 1 aliphatic rings. The average Bonchev–Trinajstić information content (AvgIpc) is 3.00. The minimum atomic E-state index is -0.599. The van der Waals surface area contributed by atoms with Gasteiger partial charge in [0.15, 0.2) is 5.75 Å². The third-order valence-corrected chi connectivity index (χ3v) is 2.71. The van der Waals surface area contributed by atoms with Gasteiger partial charge in [0.1, 0.15) is 0 Å². The normalized spacial score (nSPS) is 16.3. The van der Waals surface area contributed by atoms with Crippen molar-refractivity contribution in [1.82, 2.24) is 0 Å². The van der Waals surface area contributed by atoms with Crippen LogP contribution in [-0.4, -0.2) is 10.0 Å². The third-order valence-electron chi connectivity index (χ3n) is 2.71. The van der Waals surface area contributed by atoms with Crippen LogP contribution in [0.5, 0.6) is 5.75 Å². The van der Waals surface area contributed by atoms with Crippen molar-refractivity contribution in [3.05, 3.63) is 33.9 Å². The Hall–Kier alpha value is -1.33. The van der Waals surface area contributed by atoms with Crippen LogP contribution in [0, 0.1) is 16.0 Å². The first-order valence-electron chi connectivity index (χ1n) is 4.82. The van der Waals surface area contributed by atoms with Crippen LogP contribution < -0.4 is 5.73 Å². The van der Waals surface area contributed by atoms with E-state index < -0.39 is 4.92 Å². The molecule has 0 saturated heterocycles. The van der Waals surface area contributed by atoms with E-state index in [1.54, 1.807) is 6.07 Å². The number of nitro benzene ring substituents is 1. The number of phenolic OH excluding ortho intramolecular Hbond substituents is 1. The van der Waals surface area contributed by atoms with Crippen LogP contribution in [0.2, 0.25) is 0 Å². The van der Waals surface area contributed by atoms with E-state index in [9.17, 15) is 15.2 Å². The highest BCUT2D eigenvalue weighted by atomic mass is 35.5. The zero-order valence-corrected chi connectivity index (χ0v) is 9.31. The van der Waals surface area contributed by atoms with Gasteiger partial charge in [-0.1, -0.05) is 6.07 Å². The van der Waals surface area contributed by atoms with Crippen molar-refractivity contribution < 1.29 is 10.0 Å². The Bertz CT molecular complexity index is 407. The molecule has 0 spiro atoms. The van der Waals surface area contributed by atoms with Crippen LogP contribution in [0.3, 0.4) is 0 Å². The SMILES string of the molecule is Cl.N[C@H](c1ccc(O)c([N+](=O)[O-])c1)C1CC1. The van der Waals surface area contributed by atoms with Crippen molar-refractivity contribution in [3.63, 3.8) is 0 Å². The van der Waals surface area contributed by atoms with Crippen LogP contribution in [0.4, 0.5) is 5.69 Å². The summed E-state index contributed by atoms with van der Waals surface area (Å²) in [5.41, 5.74) is 6.36. The fourth-order valence-electron chi connectivity index (χ4n) is 1.62. The highest BCUT2D eigenvalue weighted by molar-refractivity contribution is 5.85. The van der Waals surface area contributed by atoms with Gasteiger partial charge in [-0.25, -0.2) is 0 Å². The number of hydrogen-bond donors (Lipinski definition) is 2. The molecule has 0 amide bonds. The number of aromatic hydroxyl groups is 1. The molecule has 0 bridgehead atoms. The quantitative estimate of drug-likeness (QED) is 0.630. The van der Waals surface area contributed by atoms with Crippen LogP contribution in [0.25, 0.3) is 0 Å². The lowest BCUT2D eigenvalue weighted by molar-refractivity contribution is -0.385. The molecule has 0 heterocycles. The highest BCUT2D eigenvalue weighted by Crippen LogP contribution is 2.41. The second kappa shape index (κ2) is 4.67. The molecule has 16 heavy (non-hydrogen) atoms. The van der Waals surface area contributed by atoms with Crippen molar-refractivity contribution in [2.75, 3.05) is 0 Å². The molecular weight excluding hydrogens is 232 g/mol. The van der Waals surface area contributed by atoms with Gasteiger partial charge in [-0.3, -0.25) is 10.1 Å². The number of phenols is 1. The monoisotopic (exact) mass is 244 g/mol. The molecule has 6 heteroatoms. The molecule has 0 aromatic heterocycles. The average molecular weight is 245 g/mol. The number of nitro groups is 1. The predicted octanol–water partition coefficient (Wildman–Crippen LogP) is 2.13. The molecular formula is C10H13ClN2O3. The zero-order chi connectivity index (χ0) is 11.0. The molecule has 0 unspecified atom stereocenters. The molecule has 1 saturated carbocycles. The Labute approximate surface area is 98.8 Å². The van der Waals surface area contributed by atoms with E-state index in [0.717, 1.165) is 18.4 Å². The number of halogens is 1. The molecule has 1 aromatic rings. The lowest BCUT2D eigenvalue weighted by atomic mass is 10.0. The Morgan fingerprint density at radius 2 is 2.12 bits per heavy atom. The van der Waals surface area contributed by atoms with Crippen LogP contribution in [0.1, 0.15) is 24.4 Å². The molecule has 5 nitrogen and oxygen atoms in total. The van der Waals surface area contributed by atoms with Crippen molar-refractivity contribution in [1.29, 1.82) is 0 Å². The molecule has 88 valence electrons. The number of nitrogens with two attached hydrogens (primary N) is 1. The van der Waals surface area contributed by atoms with E-state index in [1.165, 1.54) is 12.1 Å². The molecule has 1 aromatic carbocycles. The third kappa shape index (κ3) is 2.43. The maximum atomic E-state index is 10.6. The maximum Gasteiger partial charge on any atom is 0.311 e. The molecule has 0 aliphatic heterocycles. The van der Waals surface area contributed by atoms with Gasteiger partial charge in [-0.2, -0.15) is 0 Å². The molecule has 1 atom stereocenters. The summed E-state index contributed by atoms with van der Waals surface area (Å²) in [5, 5.41) is 19.8. The maximum absolute atomic E-state index is 10.6. The van der Waals surface area contributed by atoms with Crippen LogP contribution in [-0.2, 0) is 0 Å². The van der Waals surface area contributed by atoms with Gasteiger partial charge >= 0.3 is 5.69 Å². The molecule has 1 aliphatic carbocycles. The summed E-state index contributed by atoms with van der Waals surface area (Å²) in [7, 11) is 0. The Morgan fingerprint density at radius 3 is 2.62 bits per heavy atom. The summed E-state index contributed by atoms with van der Waals surface area (Å²) in [6, 6.07) is 4.18. The van der Waals surface area contributed by atoms with Crippen molar-refractivity contribution in [3.8, 4) is 5.75 Å². The molecule has 3 N–H and O–H groups in total. The Kier molecular flexibility index (Phi) is 3.72. The number of benzene rings is 1. The summed E-state index contributed by atoms with van der Waals surface area (Å²) in [6.45, 7) is 0. The van der Waals surface area contributed by atoms with Crippen molar-refractivity contribution >= 4 is 18.1 Å². The topological polar surface area (TPSA) is 89.4 Å². The van der Waals surface area contributed by atoms with E-state index in [0.29, 0.717) is 5.92 Å². The first-order valence-corrected chi connectivity index (χ1v) is 4.82. The van der Waals surface area contributed by atoms with Gasteiger partial charge in [0.05, 0.1) is 4.92 Å². The highest BCUT2D eigenvalue weighted by Gasteiger charge is 2.30. The van der Waals surface area contributed by atoms with Gasteiger partial charge in [-0.15, -0.1) is 12.4 Å². The van der Waals surface area contributed by atoms with Crippen LogP contribution in [0.15, 0.2) is 18.2 Å². The van der Waals surface area contributed by atoms with Crippen molar-refractivity contribution in [2.24, 2.45) is 11.7 Å². The van der Waals surface area contributed by atoms with Gasteiger partial charge in [0.25, 0.3) is 0 Å². The lowest BCUT2D eigenvalue weighted by Gasteiger charge is -2.10. The van der Waals surface area contributed by atoms with E-state index >= 15 is 0 Å². The first kappa shape index (κ1) is 12.7. The molecule has 1 fully saturated rings.